The van der Waals surface area contributed by atoms with Crippen LogP contribution in [0.4, 0.5) is 9.18 Å². The lowest BCUT2D eigenvalue weighted by molar-refractivity contribution is 0.104. The van der Waals surface area contributed by atoms with Crippen LogP contribution in [0.5, 0.6) is 5.75 Å². The minimum atomic E-state index is -0.528. The smallest absolute Gasteiger partial charge is 0.409 e. The minimum Gasteiger partial charge on any atom is -0.409 e. The van der Waals surface area contributed by atoms with Gasteiger partial charge in [0, 0.05) is 13.6 Å². The van der Waals surface area contributed by atoms with Crippen LogP contribution in [-0.2, 0) is 0 Å². The number of amides is 1. The highest BCUT2D eigenvalue weighted by atomic mass is 19.1. The van der Waals surface area contributed by atoms with E-state index < -0.39 is 6.09 Å². The van der Waals surface area contributed by atoms with E-state index in [0.29, 0.717) is 12.1 Å². The minimum absolute atomic E-state index is 0.205. The zero-order chi connectivity index (χ0) is 17.5. The first-order valence-corrected chi connectivity index (χ1v) is 7.51. The lowest BCUT2D eigenvalue weighted by Gasteiger charge is -2.15. The van der Waals surface area contributed by atoms with Gasteiger partial charge in [0.05, 0.1) is 5.56 Å². The SMILES string of the molecule is CCN(C)C(=O)Oc1ccccc1C(=O)/C=C/c1ccc(F)cc1. The fourth-order valence-electron chi connectivity index (χ4n) is 1.90. The van der Waals surface area contributed by atoms with E-state index in [1.54, 1.807) is 49.5 Å². The van der Waals surface area contributed by atoms with Crippen molar-refractivity contribution in [2.24, 2.45) is 0 Å². The molecule has 2 aromatic carbocycles. The highest BCUT2D eigenvalue weighted by Gasteiger charge is 2.15. The molecular formula is C19H18FNO3. The summed E-state index contributed by atoms with van der Waals surface area (Å²) in [5.74, 6) is -0.436. The van der Waals surface area contributed by atoms with Crippen LogP contribution < -0.4 is 4.74 Å². The van der Waals surface area contributed by atoms with Crippen molar-refractivity contribution in [3.63, 3.8) is 0 Å². The van der Waals surface area contributed by atoms with Crippen molar-refractivity contribution in [1.29, 1.82) is 0 Å². The largest absolute Gasteiger partial charge is 0.414 e. The summed E-state index contributed by atoms with van der Waals surface area (Å²) in [5.41, 5.74) is 0.985. The van der Waals surface area contributed by atoms with Gasteiger partial charge in [-0.15, -0.1) is 0 Å². The molecule has 0 aliphatic heterocycles. The van der Waals surface area contributed by atoms with Crippen molar-refractivity contribution in [2.75, 3.05) is 13.6 Å². The molecule has 4 nitrogen and oxygen atoms in total. The Morgan fingerprint density at radius 2 is 1.79 bits per heavy atom. The van der Waals surface area contributed by atoms with Gasteiger partial charge >= 0.3 is 6.09 Å². The Hall–Kier alpha value is -2.95. The molecule has 0 saturated heterocycles. The van der Waals surface area contributed by atoms with E-state index in [9.17, 15) is 14.0 Å². The summed E-state index contributed by atoms with van der Waals surface area (Å²) >= 11 is 0. The number of ketones is 1. The van der Waals surface area contributed by atoms with Gasteiger partial charge in [-0.05, 0) is 42.8 Å². The van der Waals surface area contributed by atoms with Crippen molar-refractivity contribution < 1.29 is 18.7 Å². The van der Waals surface area contributed by atoms with Crippen LogP contribution in [0.2, 0.25) is 0 Å². The standard InChI is InChI=1S/C19H18FNO3/c1-3-21(2)19(23)24-18-7-5-4-6-16(18)17(22)13-10-14-8-11-15(20)12-9-14/h4-13H,3H2,1-2H3/b13-10+. The molecule has 0 bridgehead atoms. The van der Waals surface area contributed by atoms with Crippen LogP contribution in [0.1, 0.15) is 22.8 Å². The lowest BCUT2D eigenvalue weighted by atomic mass is 10.1. The first-order valence-electron chi connectivity index (χ1n) is 7.51. The molecule has 0 heterocycles. The highest BCUT2D eigenvalue weighted by Crippen LogP contribution is 2.20. The van der Waals surface area contributed by atoms with Gasteiger partial charge in [0.25, 0.3) is 0 Å². The van der Waals surface area contributed by atoms with E-state index in [1.807, 2.05) is 6.92 Å². The van der Waals surface area contributed by atoms with E-state index in [4.69, 9.17) is 4.74 Å². The molecule has 0 aliphatic carbocycles. The maximum Gasteiger partial charge on any atom is 0.414 e. The fourth-order valence-corrected chi connectivity index (χ4v) is 1.90. The van der Waals surface area contributed by atoms with Crippen LogP contribution in [0.3, 0.4) is 0 Å². The summed E-state index contributed by atoms with van der Waals surface area (Å²) in [7, 11) is 1.61. The van der Waals surface area contributed by atoms with Crippen molar-refractivity contribution in [3.05, 3.63) is 71.6 Å². The summed E-state index contributed by atoms with van der Waals surface area (Å²) in [6.07, 6.45) is 2.42. The number of nitrogens with zero attached hydrogens (tertiary/aromatic N) is 1. The molecule has 2 aromatic rings. The number of hydrogen-bond acceptors (Lipinski definition) is 3. The van der Waals surface area contributed by atoms with Gasteiger partial charge in [-0.25, -0.2) is 9.18 Å². The molecule has 0 spiro atoms. The number of allylic oxidation sites excluding steroid dienone is 1. The Labute approximate surface area is 140 Å². The van der Waals surface area contributed by atoms with E-state index in [-0.39, 0.29) is 22.9 Å². The van der Waals surface area contributed by atoms with Gasteiger partial charge < -0.3 is 9.64 Å². The maximum atomic E-state index is 12.9. The molecule has 124 valence electrons. The zero-order valence-corrected chi connectivity index (χ0v) is 13.5. The highest BCUT2D eigenvalue weighted by molar-refractivity contribution is 6.08. The van der Waals surface area contributed by atoms with Crippen molar-refractivity contribution in [1.82, 2.24) is 4.90 Å². The molecule has 0 fully saturated rings. The predicted octanol–water partition coefficient (Wildman–Crippen LogP) is 4.17. The Morgan fingerprint density at radius 1 is 1.12 bits per heavy atom. The van der Waals surface area contributed by atoms with Gasteiger partial charge in [-0.2, -0.15) is 0 Å². The van der Waals surface area contributed by atoms with Crippen LogP contribution in [0.15, 0.2) is 54.6 Å². The molecule has 1 amide bonds. The van der Waals surface area contributed by atoms with Crippen LogP contribution in [0.25, 0.3) is 6.08 Å². The molecule has 0 unspecified atom stereocenters. The van der Waals surface area contributed by atoms with Crippen molar-refractivity contribution in [3.8, 4) is 5.75 Å². The summed E-state index contributed by atoms with van der Waals surface area (Å²) in [6.45, 7) is 2.32. The number of halogens is 1. The topological polar surface area (TPSA) is 46.6 Å². The van der Waals surface area contributed by atoms with Gasteiger partial charge in [0.15, 0.2) is 5.78 Å². The zero-order valence-electron chi connectivity index (χ0n) is 13.5. The summed E-state index contributed by atoms with van der Waals surface area (Å²) in [4.78, 5) is 25.6. The number of ether oxygens (including phenoxy) is 1. The van der Waals surface area contributed by atoms with Gasteiger partial charge in [-0.1, -0.05) is 30.3 Å². The van der Waals surface area contributed by atoms with Gasteiger partial charge in [0.2, 0.25) is 0 Å². The Morgan fingerprint density at radius 3 is 2.46 bits per heavy atom. The summed E-state index contributed by atoms with van der Waals surface area (Å²) in [6, 6.07) is 12.3. The number of benzene rings is 2. The second-order valence-electron chi connectivity index (χ2n) is 5.13. The quantitative estimate of drug-likeness (QED) is 0.611. The normalized spacial score (nSPS) is 10.6. The van der Waals surface area contributed by atoms with Crippen LogP contribution >= 0.6 is 0 Å². The first kappa shape index (κ1) is 17.4. The predicted molar refractivity (Wildman–Crippen MR) is 90.5 cm³/mol. The lowest BCUT2D eigenvalue weighted by Crippen LogP contribution is -2.29. The molecule has 0 atom stereocenters. The third kappa shape index (κ3) is 4.52. The second-order valence-corrected chi connectivity index (χ2v) is 5.13. The third-order valence-corrected chi connectivity index (χ3v) is 3.43. The molecule has 0 saturated carbocycles. The molecule has 0 aliphatic rings. The Kier molecular flexibility index (Phi) is 5.84. The fraction of sp³-hybridized carbons (Fsp3) is 0.158. The number of hydrogen-bond donors (Lipinski definition) is 0. The number of carbonyl (C=O) groups excluding carboxylic acids is 2. The number of rotatable bonds is 5. The molecule has 0 radical (unpaired) electrons. The molecule has 5 heteroatoms. The average molecular weight is 327 g/mol. The molecular weight excluding hydrogens is 309 g/mol. The van der Waals surface area contributed by atoms with Gasteiger partial charge in [-0.3, -0.25) is 4.79 Å². The summed E-state index contributed by atoms with van der Waals surface area (Å²) in [5, 5.41) is 0. The van der Waals surface area contributed by atoms with Crippen LogP contribution in [0, 0.1) is 5.82 Å². The maximum absolute atomic E-state index is 12.9. The number of para-hydroxylation sites is 1. The first-order chi connectivity index (χ1) is 11.5. The monoisotopic (exact) mass is 327 g/mol. The molecule has 0 N–H and O–H groups in total. The van der Waals surface area contributed by atoms with E-state index in [2.05, 4.69) is 0 Å². The average Bonchev–Trinajstić information content (AvgIpc) is 2.60. The second kappa shape index (κ2) is 8.06. The molecule has 0 aromatic heterocycles. The van der Waals surface area contributed by atoms with Crippen molar-refractivity contribution >= 4 is 18.0 Å². The summed E-state index contributed by atoms with van der Waals surface area (Å²) < 4.78 is 18.1. The third-order valence-electron chi connectivity index (χ3n) is 3.43. The van der Waals surface area contributed by atoms with E-state index >= 15 is 0 Å². The van der Waals surface area contributed by atoms with E-state index in [0.717, 1.165) is 0 Å². The Balaban J connectivity index is 2.17. The van der Waals surface area contributed by atoms with Gasteiger partial charge in [0.1, 0.15) is 11.6 Å². The van der Waals surface area contributed by atoms with Crippen LogP contribution in [-0.4, -0.2) is 30.4 Å². The Bertz CT molecular complexity index is 753. The molecule has 2 rings (SSSR count). The van der Waals surface area contributed by atoms with E-state index in [1.165, 1.54) is 23.1 Å². The van der Waals surface area contributed by atoms with Crippen molar-refractivity contribution in [2.45, 2.75) is 6.92 Å². The molecule has 24 heavy (non-hydrogen) atoms. The number of carbonyl (C=O) groups is 2.